The third kappa shape index (κ3) is 1.64. The quantitative estimate of drug-likeness (QED) is 0.662. The molecule has 0 aliphatic rings. The van der Waals surface area contributed by atoms with Crippen LogP contribution >= 0.6 is 0 Å². The van der Waals surface area contributed by atoms with Gasteiger partial charge in [-0.3, -0.25) is 0 Å². The van der Waals surface area contributed by atoms with Gasteiger partial charge in [0, 0.05) is 18.0 Å². The van der Waals surface area contributed by atoms with Crippen molar-refractivity contribution in [2.24, 2.45) is 4.99 Å². The van der Waals surface area contributed by atoms with Crippen molar-refractivity contribution in [3.05, 3.63) is 23.9 Å². The number of nitrogens with zero attached hydrogens (tertiary/aromatic N) is 1. The van der Waals surface area contributed by atoms with E-state index in [0.717, 1.165) is 17.8 Å². The van der Waals surface area contributed by atoms with E-state index >= 15 is 0 Å². The number of hydrogen-bond donors (Lipinski definition) is 1. The Balaban J connectivity index is 2.99. The Kier molecular flexibility index (Phi) is 2.86. The highest BCUT2D eigenvalue weighted by Gasteiger charge is 2.01. The minimum absolute atomic E-state index is 0.907. The van der Waals surface area contributed by atoms with E-state index in [0.29, 0.717) is 0 Å². The fourth-order valence-electron chi connectivity index (χ4n) is 1.07. The van der Waals surface area contributed by atoms with Gasteiger partial charge in [0.05, 0.1) is 0 Å². The summed E-state index contributed by atoms with van der Waals surface area (Å²) in [5.74, 6) is 0.907. The van der Waals surface area contributed by atoms with Gasteiger partial charge in [-0.1, -0.05) is 19.6 Å². The lowest BCUT2D eigenvalue weighted by Crippen LogP contribution is -1.72. The van der Waals surface area contributed by atoms with Gasteiger partial charge in [-0.2, -0.15) is 0 Å². The molecule has 0 saturated heterocycles. The van der Waals surface area contributed by atoms with Crippen LogP contribution in [0.25, 0.3) is 6.08 Å². The third-order valence-corrected chi connectivity index (χ3v) is 1.71. The van der Waals surface area contributed by atoms with Crippen molar-refractivity contribution < 1.29 is 0 Å². The number of aryl methyl sites for hydroxylation is 1. The summed E-state index contributed by atoms with van der Waals surface area (Å²) >= 11 is 0. The minimum atomic E-state index is 0.907. The van der Waals surface area contributed by atoms with Gasteiger partial charge in [0.2, 0.25) is 0 Å². The Morgan fingerprint density at radius 1 is 1.67 bits per heavy atom. The zero-order chi connectivity index (χ0) is 8.97. The van der Waals surface area contributed by atoms with Crippen LogP contribution in [0.5, 0.6) is 0 Å². The maximum atomic E-state index is 4.26. The van der Waals surface area contributed by atoms with Crippen LogP contribution < -0.4 is 0 Å². The second kappa shape index (κ2) is 3.90. The zero-order valence-electron chi connectivity index (χ0n) is 7.59. The molecule has 0 aliphatic heterocycles. The largest absolute Gasteiger partial charge is 0.346 e. The van der Waals surface area contributed by atoms with Crippen molar-refractivity contribution in [3.63, 3.8) is 0 Å². The summed E-state index contributed by atoms with van der Waals surface area (Å²) in [6.07, 6.45) is 6.61. The van der Waals surface area contributed by atoms with E-state index in [-0.39, 0.29) is 0 Å². The monoisotopic (exact) mass is 162 g/mol. The Hall–Kier alpha value is -1.31. The molecule has 0 spiro atoms. The second-order valence-corrected chi connectivity index (χ2v) is 2.66. The number of hydrogen-bond acceptors (Lipinski definition) is 1. The lowest BCUT2D eigenvalue weighted by molar-refractivity contribution is 1.28. The van der Waals surface area contributed by atoms with Crippen LogP contribution in [0.1, 0.15) is 24.5 Å². The highest BCUT2D eigenvalue weighted by Crippen LogP contribution is 2.21. The topological polar surface area (TPSA) is 28.1 Å². The Labute approximate surface area is 73.0 Å². The molecule has 0 radical (unpaired) electrons. The molecule has 0 fully saturated rings. The van der Waals surface area contributed by atoms with Crippen LogP contribution in [0.3, 0.4) is 0 Å². The number of aliphatic imine (C=N–C) groups is 1. The van der Waals surface area contributed by atoms with Crippen molar-refractivity contribution in [1.82, 2.24) is 4.98 Å². The lowest BCUT2D eigenvalue weighted by atomic mass is 10.2. The van der Waals surface area contributed by atoms with Gasteiger partial charge in [0.1, 0.15) is 5.82 Å². The van der Waals surface area contributed by atoms with Crippen LogP contribution in [-0.4, -0.2) is 11.2 Å². The van der Waals surface area contributed by atoms with Crippen LogP contribution in [-0.2, 0) is 0 Å². The fraction of sp³-hybridized carbons (Fsp3) is 0.300. The molecule has 0 unspecified atom stereocenters. The summed E-state index contributed by atoms with van der Waals surface area (Å²) in [6, 6.07) is 0. The van der Waals surface area contributed by atoms with E-state index in [2.05, 4.69) is 23.5 Å². The van der Waals surface area contributed by atoms with Crippen LogP contribution in [0.15, 0.2) is 17.8 Å². The molecule has 1 rings (SSSR count). The molecule has 1 heterocycles. The smallest absolute Gasteiger partial charge is 0.137 e. The highest BCUT2D eigenvalue weighted by molar-refractivity contribution is 5.69. The molecule has 64 valence electrons. The van der Waals surface area contributed by atoms with Crippen molar-refractivity contribution in [1.29, 1.82) is 0 Å². The van der Waals surface area contributed by atoms with Gasteiger partial charge in [0.15, 0.2) is 0 Å². The summed E-state index contributed by atoms with van der Waals surface area (Å²) in [4.78, 5) is 7.36. The molecule has 2 nitrogen and oxygen atoms in total. The number of rotatable bonds is 3. The van der Waals surface area contributed by atoms with E-state index in [4.69, 9.17) is 0 Å². The highest BCUT2D eigenvalue weighted by atomic mass is 14.9. The van der Waals surface area contributed by atoms with Crippen molar-refractivity contribution >= 4 is 18.1 Å². The Bertz CT molecular complexity index is 295. The summed E-state index contributed by atoms with van der Waals surface area (Å²) in [7, 11) is 0. The molecule has 0 bridgehead atoms. The average Bonchev–Trinajstić information content (AvgIpc) is 2.43. The van der Waals surface area contributed by atoms with Gasteiger partial charge < -0.3 is 4.98 Å². The van der Waals surface area contributed by atoms with Gasteiger partial charge >= 0.3 is 0 Å². The molecule has 1 aromatic heterocycles. The standard InChI is InChI=1S/C10H14N2/c1-4-6-11-10-9(5-2)8(3)7-12-10/h5-7,12H,2,4H2,1,3H3/b11-6-. The van der Waals surface area contributed by atoms with Gasteiger partial charge in [-0.05, 0) is 18.9 Å². The minimum Gasteiger partial charge on any atom is -0.346 e. The first-order valence-corrected chi connectivity index (χ1v) is 4.12. The van der Waals surface area contributed by atoms with Crippen LogP contribution in [0.4, 0.5) is 5.82 Å². The maximum Gasteiger partial charge on any atom is 0.137 e. The molecular formula is C10H14N2. The van der Waals surface area contributed by atoms with Crippen LogP contribution in [0.2, 0.25) is 0 Å². The molecule has 1 N–H and O–H groups in total. The van der Waals surface area contributed by atoms with Crippen LogP contribution in [0, 0.1) is 6.92 Å². The summed E-state index contributed by atoms with van der Waals surface area (Å²) in [5, 5.41) is 0. The third-order valence-electron chi connectivity index (χ3n) is 1.71. The summed E-state index contributed by atoms with van der Waals surface area (Å²) in [6.45, 7) is 7.84. The number of H-pyrrole nitrogens is 1. The SMILES string of the molecule is C=Cc1c(C)c[nH]c1/N=C\CC. The van der Waals surface area contributed by atoms with Crippen molar-refractivity contribution in [2.45, 2.75) is 20.3 Å². The molecule has 1 aromatic rings. The first-order valence-electron chi connectivity index (χ1n) is 4.12. The molecule has 0 atom stereocenters. The normalized spacial score (nSPS) is 10.8. The van der Waals surface area contributed by atoms with E-state index in [9.17, 15) is 0 Å². The summed E-state index contributed by atoms with van der Waals surface area (Å²) in [5.41, 5.74) is 2.29. The zero-order valence-corrected chi connectivity index (χ0v) is 7.59. The Morgan fingerprint density at radius 3 is 3.00 bits per heavy atom. The summed E-state index contributed by atoms with van der Waals surface area (Å²) < 4.78 is 0. The first kappa shape index (κ1) is 8.78. The molecule has 12 heavy (non-hydrogen) atoms. The van der Waals surface area contributed by atoms with E-state index in [1.165, 1.54) is 5.56 Å². The lowest BCUT2D eigenvalue weighted by Gasteiger charge is -1.91. The van der Waals surface area contributed by atoms with E-state index in [1.807, 2.05) is 25.4 Å². The van der Waals surface area contributed by atoms with E-state index < -0.39 is 0 Å². The molecular weight excluding hydrogens is 148 g/mol. The fourth-order valence-corrected chi connectivity index (χ4v) is 1.07. The maximum absolute atomic E-state index is 4.26. The van der Waals surface area contributed by atoms with Gasteiger partial charge in [-0.15, -0.1) is 0 Å². The van der Waals surface area contributed by atoms with Gasteiger partial charge in [-0.25, -0.2) is 4.99 Å². The Morgan fingerprint density at radius 2 is 2.42 bits per heavy atom. The second-order valence-electron chi connectivity index (χ2n) is 2.66. The predicted octanol–water partition coefficient (Wildman–Crippen LogP) is 3.08. The molecule has 0 aromatic carbocycles. The average molecular weight is 162 g/mol. The van der Waals surface area contributed by atoms with E-state index in [1.54, 1.807) is 0 Å². The molecule has 0 saturated carbocycles. The van der Waals surface area contributed by atoms with Gasteiger partial charge in [0.25, 0.3) is 0 Å². The van der Waals surface area contributed by atoms with Crippen molar-refractivity contribution in [3.8, 4) is 0 Å². The predicted molar refractivity (Wildman–Crippen MR) is 54.1 cm³/mol. The number of aromatic nitrogens is 1. The molecule has 0 amide bonds. The molecule has 2 heteroatoms. The number of aromatic amines is 1. The van der Waals surface area contributed by atoms with Crippen molar-refractivity contribution in [2.75, 3.05) is 0 Å². The molecule has 0 aliphatic carbocycles. The first-order chi connectivity index (χ1) is 5.79. The number of nitrogens with one attached hydrogen (secondary N) is 1.